The summed E-state index contributed by atoms with van der Waals surface area (Å²) in [6.45, 7) is 0.535. The number of thioether (sulfide) groups is 1. The van der Waals surface area contributed by atoms with Crippen LogP contribution in [0.3, 0.4) is 0 Å². The van der Waals surface area contributed by atoms with E-state index in [0.29, 0.717) is 27.2 Å². The first-order chi connectivity index (χ1) is 15.9. The van der Waals surface area contributed by atoms with Crippen LogP contribution < -0.4 is 4.90 Å². The Morgan fingerprint density at radius 2 is 1.76 bits per heavy atom. The Labute approximate surface area is 212 Å². The molecule has 0 saturated carbocycles. The first-order valence-electron chi connectivity index (χ1n) is 9.96. The Morgan fingerprint density at radius 1 is 0.970 bits per heavy atom. The minimum absolute atomic E-state index is 0.310. The molecule has 0 spiro atoms. The number of hydrogen-bond donors (Lipinski definition) is 0. The maximum absolute atomic E-state index is 13.1. The highest BCUT2D eigenvalue weighted by Crippen LogP contribution is 2.37. The monoisotopic (exact) mass is 556 g/mol. The molecule has 8 heteroatoms. The number of anilines is 1. The molecule has 2 heterocycles. The van der Waals surface area contributed by atoms with Crippen LogP contribution in [0.15, 0.2) is 82.3 Å². The summed E-state index contributed by atoms with van der Waals surface area (Å²) in [5, 5.41) is 1.82. The fraction of sp³-hybridized carbons (Fsp3) is 0.0400. The van der Waals surface area contributed by atoms with Crippen molar-refractivity contribution in [3.05, 3.63) is 103 Å². The van der Waals surface area contributed by atoms with E-state index in [-0.39, 0.29) is 11.1 Å². The van der Waals surface area contributed by atoms with E-state index in [1.165, 1.54) is 4.90 Å². The Balaban J connectivity index is 1.56. The van der Waals surface area contributed by atoms with Gasteiger partial charge in [-0.1, -0.05) is 63.4 Å². The molecule has 0 aliphatic carbocycles. The lowest BCUT2D eigenvalue weighted by Crippen LogP contribution is -2.27. The van der Waals surface area contributed by atoms with Gasteiger partial charge < -0.3 is 4.57 Å². The Morgan fingerprint density at radius 3 is 2.52 bits per heavy atom. The molecule has 3 aromatic carbocycles. The number of amides is 2. The molecule has 2 amide bonds. The maximum atomic E-state index is 13.1. The molecule has 0 unspecified atom stereocenters. The fourth-order valence-corrected chi connectivity index (χ4v) is 5.45. The molecule has 4 nitrogen and oxygen atoms in total. The number of aromatic nitrogens is 1. The summed E-state index contributed by atoms with van der Waals surface area (Å²) >= 11 is 16.9. The van der Waals surface area contributed by atoms with E-state index in [1.54, 1.807) is 36.4 Å². The second kappa shape index (κ2) is 9.03. The third kappa shape index (κ3) is 4.36. The topological polar surface area (TPSA) is 42.3 Å². The molecule has 0 N–H and O–H groups in total. The van der Waals surface area contributed by atoms with Gasteiger partial charge in [0.05, 0.1) is 10.6 Å². The normalized spacial score (nSPS) is 15.2. The molecule has 1 saturated heterocycles. The van der Waals surface area contributed by atoms with Gasteiger partial charge in [0.1, 0.15) is 0 Å². The average Bonchev–Trinajstić information content (AvgIpc) is 3.26. The van der Waals surface area contributed by atoms with E-state index >= 15 is 0 Å². The summed E-state index contributed by atoms with van der Waals surface area (Å²) in [7, 11) is 0. The molecular formula is C25H15BrCl2N2O2S. The highest BCUT2D eigenvalue weighted by Gasteiger charge is 2.36. The van der Waals surface area contributed by atoms with Crippen LogP contribution in [-0.2, 0) is 11.3 Å². The van der Waals surface area contributed by atoms with Crippen LogP contribution in [0.25, 0.3) is 17.0 Å². The number of benzene rings is 3. The number of imide groups is 1. The molecule has 1 fully saturated rings. The van der Waals surface area contributed by atoms with E-state index in [9.17, 15) is 9.59 Å². The molecule has 33 heavy (non-hydrogen) atoms. The lowest BCUT2D eigenvalue weighted by Gasteiger charge is -2.11. The van der Waals surface area contributed by atoms with Crippen molar-refractivity contribution in [2.24, 2.45) is 0 Å². The molecule has 0 bridgehead atoms. The average molecular weight is 558 g/mol. The van der Waals surface area contributed by atoms with Crippen molar-refractivity contribution >= 4 is 84.7 Å². The van der Waals surface area contributed by atoms with Crippen LogP contribution in [0.5, 0.6) is 0 Å². The summed E-state index contributed by atoms with van der Waals surface area (Å²) in [5.41, 5.74) is 3.32. The van der Waals surface area contributed by atoms with Gasteiger partial charge in [-0.2, -0.15) is 0 Å². The zero-order valence-electron chi connectivity index (χ0n) is 17.0. The van der Waals surface area contributed by atoms with Crippen LogP contribution in [0.1, 0.15) is 11.1 Å². The predicted molar refractivity (Wildman–Crippen MR) is 140 cm³/mol. The van der Waals surface area contributed by atoms with Crippen LogP contribution in [0.4, 0.5) is 10.5 Å². The van der Waals surface area contributed by atoms with Crippen LogP contribution in [-0.4, -0.2) is 15.7 Å². The summed E-state index contributed by atoms with van der Waals surface area (Å²) in [5.74, 6) is -0.326. The van der Waals surface area contributed by atoms with Crippen molar-refractivity contribution in [1.82, 2.24) is 4.57 Å². The van der Waals surface area contributed by atoms with Gasteiger partial charge >= 0.3 is 0 Å². The van der Waals surface area contributed by atoms with Crippen molar-refractivity contribution in [2.45, 2.75) is 6.54 Å². The number of halogens is 3. The standard InChI is InChI=1S/C25H15BrCl2N2O2S/c26-17-7-9-22-20(11-17)16(14-29(22)13-15-6-8-18(27)12-21(15)28)10-23-24(31)30(25(32)33-23)19-4-2-1-3-5-19/h1-12,14H,13H2/b23-10-. The minimum Gasteiger partial charge on any atom is -0.342 e. The smallest absolute Gasteiger partial charge is 0.298 e. The minimum atomic E-state index is -0.326. The van der Waals surface area contributed by atoms with Gasteiger partial charge in [-0.25, -0.2) is 4.90 Å². The number of nitrogens with zero attached hydrogens (tertiary/aromatic N) is 2. The highest BCUT2D eigenvalue weighted by atomic mass is 79.9. The van der Waals surface area contributed by atoms with Gasteiger partial charge in [0.15, 0.2) is 0 Å². The molecule has 1 aliphatic heterocycles. The van der Waals surface area contributed by atoms with Gasteiger partial charge in [0.2, 0.25) is 0 Å². The summed E-state index contributed by atoms with van der Waals surface area (Å²) in [6.07, 6.45) is 3.75. The summed E-state index contributed by atoms with van der Waals surface area (Å²) < 4.78 is 2.99. The first-order valence-corrected chi connectivity index (χ1v) is 12.3. The number of fused-ring (bicyclic) bond motifs is 1. The Hall–Kier alpha value is -2.51. The Kier molecular flexibility index (Phi) is 6.10. The molecule has 1 aliphatic rings. The quantitative estimate of drug-likeness (QED) is 0.239. The first kappa shape index (κ1) is 22.3. The van der Waals surface area contributed by atoms with Crippen LogP contribution >= 0.6 is 50.9 Å². The summed E-state index contributed by atoms with van der Waals surface area (Å²) in [4.78, 5) is 27.3. The van der Waals surface area contributed by atoms with Crippen molar-refractivity contribution in [2.75, 3.05) is 4.90 Å². The number of carbonyl (C=O) groups excluding carboxylic acids is 2. The van der Waals surface area contributed by atoms with Gasteiger partial charge in [0.25, 0.3) is 11.1 Å². The van der Waals surface area contributed by atoms with Crippen LogP contribution in [0.2, 0.25) is 10.0 Å². The van der Waals surface area contributed by atoms with E-state index in [2.05, 4.69) is 20.5 Å². The molecule has 1 aromatic heterocycles. The number of rotatable bonds is 4. The zero-order valence-corrected chi connectivity index (χ0v) is 20.9. The number of hydrogen-bond acceptors (Lipinski definition) is 3. The maximum Gasteiger partial charge on any atom is 0.298 e. The molecule has 4 aromatic rings. The lowest BCUT2D eigenvalue weighted by molar-refractivity contribution is -0.113. The summed E-state index contributed by atoms with van der Waals surface area (Å²) in [6, 6.07) is 20.4. The van der Waals surface area contributed by atoms with E-state index in [1.807, 2.05) is 42.6 Å². The molecule has 0 atom stereocenters. The molecule has 5 rings (SSSR count). The van der Waals surface area contributed by atoms with E-state index in [4.69, 9.17) is 23.2 Å². The second-order valence-electron chi connectivity index (χ2n) is 7.46. The molecule has 164 valence electrons. The van der Waals surface area contributed by atoms with Crippen molar-refractivity contribution in [1.29, 1.82) is 0 Å². The molecular weight excluding hydrogens is 543 g/mol. The third-order valence-electron chi connectivity index (χ3n) is 5.32. The highest BCUT2D eigenvalue weighted by molar-refractivity contribution is 9.10. The van der Waals surface area contributed by atoms with Gasteiger partial charge in [-0.3, -0.25) is 9.59 Å². The SMILES string of the molecule is O=C1S/C(=C\c2cn(Cc3ccc(Cl)cc3Cl)c3ccc(Br)cc23)C(=O)N1c1ccccc1. The van der Waals surface area contributed by atoms with Crippen molar-refractivity contribution in [3.8, 4) is 0 Å². The van der Waals surface area contributed by atoms with E-state index < -0.39 is 0 Å². The fourth-order valence-electron chi connectivity index (χ4n) is 3.78. The van der Waals surface area contributed by atoms with Crippen molar-refractivity contribution in [3.63, 3.8) is 0 Å². The van der Waals surface area contributed by atoms with Crippen LogP contribution in [0, 0.1) is 0 Å². The van der Waals surface area contributed by atoms with Crippen molar-refractivity contribution < 1.29 is 9.59 Å². The van der Waals surface area contributed by atoms with Gasteiger partial charge in [0, 0.05) is 43.7 Å². The zero-order chi connectivity index (χ0) is 23.1. The largest absolute Gasteiger partial charge is 0.342 e. The van der Waals surface area contributed by atoms with Gasteiger partial charge in [-0.05, 0) is 65.9 Å². The Bertz CT molecular complexity index is 1450. The predicted octanol–water partition coefficient (Wildman–Crippen LogP) is 8.00. The van der Waals surface area contributed by atoms with Gasteiger partial charge in [-0.15, -0.1) is 0 Å². The number of carbonyl (C=O) groups is 2. The second-order valence-corrected chi connectivity index (χ2v) is 10.2. The molecule has 0 radical (unpaired) electrons. The lowest BCUT2D eigenvalue weighted by atomic mass is 10.1. The van der Waals surface area contributed by atoms with E-state index in [0.717, 1.165) is 38.3 Å². The number of para-hydroxylation sites is 1. The third-order valence-corrected chi connectivity index (χ3v) is 7.27.